The lowest BCUT2D eigenvalue weighted by Crippen LogP contribution is -2.14. The van der Waals surface area contributed by atoms with Crippen LogP contribution in [0.5, 0.6) is 11.5 Å². The van der Waals surface area contributed by atoms with E-state index in [0.717, 1.165) is 22.4 Å². The largest absolute Gasteiger partial charge is 0.464 e. The Morgan fingerprint density at radius 3 is 2.17 bits per heavy atom. The SMILES string of the molecule is COCOc1ccc(/C=C/c2ccc(C3=NN(C)C(=O)C3)cc2)cc1OCOC. The first-order chi connectivity index (χ1) is 14.1. The Bertz CT molecular complexity index is 906. The van der Waals surface area contributed by atoms with Crippen LogP contribution in [-0.2, 0) is 14.3 Å². The van der Waals surface area contributed by atoms with E-state index in [2.05, 4.69) is 5.10 Å². The predicted molar refractivity (Wildman–Crippen MR) is 111 cm³/mol. The molecule has 0 fully saturated rings. The highest BCUT2D eigenvalue weighted by Gasteiger charge is 2.21. The highest BCUT2D eigenvalue weighted by molar-refractivity contribution is 6.13. The molecular weight excluding hydrogens is 372 g/mol. The van der Waals surface area contributed by atoms with Gasteiger partial charge in [-0.05, 0) is 28.8 Å². The van der Waals surface area contributed by atoms with Crippen molar-refractivity contribution in [2.45, 2.75) is 6.42 Å². The Morgan fingerprint density at radius 1 is 0.931 bits per heavy atom. The molecule has 29 heavy (non-hydrogen) atoms. The predicted octanol–water partition coefficient (Wildman–Crippen LogP) is 3.39. The fourth-order valence-electron chi connectivity index (χ4n) is 2.77. The fraction of sp³-hybridized carbons (Fsp3) is 0.273. The van der Waals surface area contributed by atoms with Gasteiger partial charge in [0, 0.05) is 21.3 Å². The number of hydrogen-bond donors (Lipinski definition) is 0. The average Bonchev–Trinajstić information content (AvgIpc) is 3.08. The molecule has 0 bridgehead atoms. The van der Waals surface area contributed by atoms with E-state index in [1.54, 1.807) is 21.3 Å². The van der Waals surface area contributed by atoms with E-state index in [0.29, 0.717) is 17.9 Å². The van der Waals surface area contributed by atoms with Gasteiger partial charge in [-0.2, -0.15) is 5.10 Å². The number of ether oxygens (including phenoxy) is 4. The van der Waals surface area contributed by atoms with Crippen molar-refractivity contribution in [1.82, 2.24) is 5.01 Å². The number of amides is 1. The summed E-state index contributed by atoms with van der Waals surface area (Å²) in [5.74, 6) is 1.17. The average molecular weight is 396 g/mol. The Hall–Kier alpha value is -3.16. The van der Waals surface area contributed by atoms with Gasteiger partial charge in [-0.3, -0.25) is 4.79 Å². The lowest BCUT2D eigenvalue weighted by molar-refractivity contribution is -0.127. The third-order valence-electron chi connectivity index (χ3n) is 4.29. The van der Waals surface area contributed by atoms with Gasteiger partial charge < -0.3 is 18.9 Å². The zero-order valence-electron chi connectivity index (χ0n) is 16.8. The third kappa shape index (κ3) is 5.43. The van der Waals surface area contributed by atoms with Crippen LogP contribution in [0.15, 0.2) is 47.6 Å². The maximum atomic E-state index is 11.6. The quantitative estimate of drug-likeness (QED) is 0.480. The molecule has 0 spiro atoms. The van der Waals surface area contributed by atoms with Crippen LogP contribution in [0.3, 0.4) is 0 Å². The first kappa shape index (κ1) is 20.6. The molecule has 0 N–H and O–H groups in total. The molecule has 7 heteroatoms. The smallest absolute Gasteiger partial charge is 0.248 e. The van der Waals surface area contributed by atoms with Crippen molar-refractivity contribution < 1.29 is 23.7 Å². The summed E-state index contributed by atoms with van der Waals surface area (Å²) < 4.78 is 21.0. The zero-order chi connectivity index (χ0) is 20.6. The van der Waals surface area contributed by atoms with Crippen molar-refractivity contribution in [2.24, 2.45) is 5.10 Å². The number of carbonyl (C=O) groups is 1. The topological polar surface area (TPSA) is 69.6 Å². The van der Waals surface area contributed by atoms with Gasteiger partial charge in [0.1, 0.15) is 0 Å². The van der Waals surface area contributed by atoms with E-state index in [9.17, 15) is 4.79 Å². The zero-order valence-corrected chi connectivity index (χ0v) is 16.8. The third-order valence-corrected chi connectivity index (χ3v) is 4.29. The summed E-state index contributed by atoms with van der Waals surface area (Å²) in [6.45, 7) is 0.261. The maximum Gasteiger partial charge on any atom is 0.248 e. The summed E-state index contributed by atoms with van der Waals surface area (Å²) in [7, 11) is 4.80. The Kier molecular flexibility index (Phi) is 6.99. The van der Waals surface area contributed by atoms with Gasteiger partial charge in [0.05, 0.1) is 12.1 Å². The number of rotatable bonds is 9. The monoisotopic (exact) mass is 396 g/mol. The molecule has 1 aliphatic heterocycles. The highest BCUT2D eigenvalue weighted by Crippen LogP contribution is 2.29. The molecule has 2 aromatic rings. The second kappa shape index (κ2) is 9.86. The molecule has 1 amide bonds. The number of hydrogen-bond acceptors (Lipinski definition) is 6. The van der Waals surface area contributed by atoms with Crippen LogP contribution >= 0.6 is 0 Å². The number of nitrogens with zero attached hydrogens (tertiary/aromatic N) is 2. The van der Waals surface area contributed by atoms with Crippen LogP contribution in [0.2, 0.25) is 0 Å². The van der Waals surface area contributed by atoms with E-state index in [-0.39, 0.29) is 19.5 Å². The molecule has 0 saturated carbocycles. The van der Waals surface area contributed by atoms with Gasteiger partial charge in [-0.1, -0.05) is 42.5 Å². The summed E-state index contributed by atoms with van der Waals surface area (Å²) in [6, 6.07) is 13.6. The standard InChI is InChI=1S/C22H24N2O5/c1-24-22(25)13-19(23-24)18-9-6-16(7-10-18)4-5-17-8-11-20(28-14-26-2)21(12-17)29-15-27-3/h4-12H,13-15H2,1-3H3/b5-4+. The molecule has 0 saturated heterocycles. The summed E-state index contributed by atoms with van der Waals surface area (Å²) >= 11 is 0. The van der Waals surface area contributed by atoms with Crippen LogP contribution in [0.25, 0.3) is 12.2 Å². The molecule has 0 atom stereocenters. The summed E-state index contributed by atoms with van der Waals surface area (Å²) in [6.07, 6.45) is 4.33. The van der Waals surface area contributed by atoms with Gasteiger partial charge in [-0.15, -0.1) is 0 Å². The summed E-state index contributed by atoms with van der Waals surface area (Å²) in [5.41, 5.74) is 3.73. The van der Waals surface area contributed by atoms with Crippen LogP contribution in [0.4, 0.5) is 0 Å². The molecule has 0 aliphatic carbocycles. The minimum Gasteiger partial charge on any atom is -0.464 e. The van der Waals surface area contributed by atoms with Crippen molar-refractivity contribution >= 4 is 23.8 Å². The second-order valence-electron chi connectivity index (χ2n) is 6.40. The van der Waals surface area contributed by atoms with Gasteiger partial charge in [0.25, 0.3) is 0 Å². The van der Waals surface area contributed by atoms with Crippen LogP contribution < -0.4 is 9.47 Å². The van der Waals surface area contributed by atoms with Gasteiger partial charge in [-0.25, -0.2) is 5.01 Å². The number of methoxy groups -OCH3 is 2. The van der Waals surface area contributed by atoms with E-state index < -0.39 is 0 Å². The molecule has 1 heterocycles. The normalized spacial score (nSPS) is 13.8. The van der Waals surface area contributed by atoms with Gasteiger partial charge >= 0.3 is 0 Å². The van der Waals surface area contributed by atoms with Crippen molar-refractivity contribution in [2.75, 3.05) is 34.9 Å². The summed E-state index contributed by atoms with van der Waals surface area (Å²) in [5, 5.41) is 5.65. The Labute approximate surface area is 170 Å². The molecule has 2 aromatic carbocycles. The van der Waals surface area contributed by atoms with Gasteiger partial charge in [0.15, 0.2) is 25.1 Å². The van der Waals surface area contributed by atoms with E-state index in [1.807, 2.05) is 54.6 Å². The first-order valence-corrected chi connectivity index (χ1v) is 9.11. The molecule has 7 nitrogen and oxygen atoms in total. The van der Waals surface area contributed by atoms with E-state index >= 15 is 0 Å². The Morgan fingerprint density at radius 2 is 1.55 bits per heavy atom. The number of carbonyl (C=O) groups excluding carboxylic acids is 1. The molecule has 0 unspecified atom stereocenters. The number of benzene rings is 2. The van der Waals surface area contributed by atoms with Crippen molar-refractivity contribution in [3.63, 3.8) is 0 Å². The van der Waals surface area contributed by atoms with Crippen LogP contribution in [0.1, 0.15) is 23.1 Å². The lowest BCUT2D eigenvalue weighted by atomic mass is 10.0. The van der Waals surface area contributed by atoms with Gasteiger partial charge in [0.2, 0.25) is 5.91 Å². The minimum atomic E-state index is 0.00777. The lowest BCUT2D eigenvalue weighted by Gasteiger charge is -2.12. The molecular formula is C22H24N2O5. The molecule has 1 aliphatic rings. The van der Waals surface area contributed by atoms with Crippen LogP contribution in [0, 0.1) is 0 Å². The van der Waals surface area contributed by atoms with E-state index in [1.165, 1.54) is 5.01 Å². The summed E-state index contributed by atoms with van der Waals surface area (Å²) in [4.78, 5) is 11.6. The van der Waals surface area contributed by atoms with Crippen molar-refractivity contribution in [3.8, 4) is 11.5 Å². The van der Waals surface area contributed by atoms with E-state index in [4.69, 9.17) is 18.9 Å². The molecule has 0 radical (unpaired) electrons. The minimum absolute atomic E-state index is 0.00777. The highest BCUT2D eigenvalue weighted by atomic mass is 16.7. The molecule has 3 rings (SSSR count). The molecule has 0 aromatic heterocycles. The fourth-order valence-corrected chi connectivity index (χ4v) is 2.77. The number of hydrazone groups is 1. The maximum absolute atomic E-state index is 11.6. The first-order valence-electron chi connectivity index (χ1n) is 9.11. The second-order valence-corrected chi connectivity index (χ2v) is 6.40. The molecule has 152 valence electrons. The van der Waals surface area contributed by atoms with Crippen molar-refractivity contribution in [3.05, 3.63) is 59.2 Å². The Balaban J connectivity index is 1.71. The van der Waals surface area contributed by atoms with Crippen molar-refractivity contribution in [1.29, 1.82) is 0 Å². The van der Waals surface area contributed by atoms with Crippen LogP contribution in [-0.4, -0.2) is 51.5 Å².